The summed E-state index contributed by atoms with van der Waals surface area (Å²) in [5, 5.41) is 0. The van der Waals surface area contributed by atoms with Crippen LogP contribution in [0.4, 0.5) is 0 Å². The molecule has 1 aromatic heterocycles. The molecule has 2 aromatic rings. The van der Waals surface area contributed by atoms with Gasteiger partial charge in [0.15, 0.2) is 5.82 Å². The van der Waals surface area contributed by atoms with Gasteiger partial charge < -0.3 is 0 Å². The van der Waals surface area contributed by atoms with Gasteiger partial charge in [0.05, 0.1) is 0 Å². The minimum Gasteiger partial charge on any atom is -0.237 e. The van der Waals surface area contributed by atoms with E-state index in [-0.39, 0.29) is 0 Å². The van der Waals surface area contributed by atoms with E-state index in [9.17, 15) is 0 Å². The topological polar surface area (TPSA) is 25.8 Å². The molecule has 0 atom stereocenters. The van der Waals surface area contributed by atoms with E-state index in [1.165, 1.54) is 16.7 Å². The van der Waals surface area contributed by atoms with Crippen LogP contribution in [0.5, 0.6) is 0 Å². The molecule has 19 heavy (non-hydrogen) atoms. The molecule has 0 fully saturated rings. The van der Waals surface area contributed by atoms with Crippen molar-refractivity contribution in [1.29, 1.82) is 0 Å². The molecule has 0 radical (unpaired) electrons. The van der Waals surface area contributed by atoms with Gasteiger partial charge in [0.1, 0.15) is 0 Å². The van der Waals surface area contributed by atoms with Gasteiger partial charge >= 0.3 is 0 Å². The molecular formula is C17H22N2. The number of nitrogens with zero attached hydrogens (tertiary/aromatic N) is 2. The summed E-state index contributed by atoms with van der Waals surface area (Å²) in [7, 11) is 0. The Balaban J connectivity index is 2.63. The first kappa shape index (κ1) is 13.7. The minimum absolute atomic E-state index is 0.515. The fraction of sp³-hybridized carbons (Fsp3) is 0.412. The predicted octanol–water partition coefficient (Wildman–Crippen LogP) is 4.70. The SMILES string of the molecule is Cc1c(C(C)C)cc(-c2ncccn2)cc1C(C)C. The van der Waals surface area contributed by atoms with Crippen molar-refractivity contribution >= 4 is 0 Å². The minimum atomic E-state index is 0.515. The molecule has 100 valence electrons. The van der Waals surface area contributed by atoms with Gasteiger partial charge in [-0.25, -0.2) is 9.97 Å². The highest BCUT2D eigenvalue weighted by molar-refractivity contribution is 5.60. The lowest BCUT2D eigenvalue weighted by molar-refractivity contribution is 0.817. The average Bonchev–Trinajstić information content (AvgIpc) is 2.39. The highest BCUT2D eigenvalue weighted by Gasteiger charge is 2.14. The number of aromatic nitrogens is 2. The summed E-state index contributed by atoms with van der Waals surface area (Å²) >= 11 is 0. The monoisotopic (exact) mass is 254 g/mol. The zero-order valence-electron chi connectivity index (χ0n) is 12.4. The molecule has 2 heteroatoms. The molecule has 0 bridgehead atoms. The normalized spacial score (nSPS) is 11.3. The summed E-state index contributed by atoms with van der Waals surface area (Å²) in [5.41, 5.74) is 5.32. The van der Waals surface area contributed by atoms with Gasteiger partial charge in [-0.05, 0) is 53.6 Å². The molecule has 0 aliphatic heterocycles. The summed E-state index contributed by atoms with van der Waals surface area (Å²) in [4.78, 5) is 8.74. The fourth-order valence-electron chi connectivity index (χ4n) is 2.54. The Morgan fingerprint density at radius 3 is 1.74 bits per heavy atom. The Morgan fingerprint density at radius 1 is 0.842 bits per heavy atom. The first-order valence-electron chi connectivity index (χ1n) is 6.92. The lowest BCUT2D eigenvalue weighted by Gasteiger charge is -2.18. The number of rotatable bonds is 3. The third-order valence-corrected chi connectivity index (χ3v) is 3.56. The molecule has 0 spiro atoms. The molecule has 1 heterocycles. The van der Waals surface area contributed by atoms with Crippen molar-refractivity contribution in [3.05, 3.63) is 47.3 Å². The first-order chi connectivity index (χ1) is 9.00. The zero-order chi connectivity index (χ0) is 14.0. The highest BCUT2D eigenvalue weighted by Crippen LogP contribution is 2.31. The van der Waals surface area contributed by atoms with Gasteiger partial charge in [-0.2, -0.15) is 0 Å². The van der Waals surface area contributed by atoms with E-state index in [4.69, 9.17) is 0 Å². The van der Waals surface area contributed by atoms with Crippen molar-refractivity contribution in [3.63, 3.8) is 0 Å². The van der Waals surface area contributed by atoms with E-state index in [1.807, 2.05) is 6.07 Å². The van der Waals surface area contributed by atoms with Gasteiger partial charge in [-0.3, -0.25) is 0 Å². The lowest BCUT2D eigenvalue weighted by Crippen LogP contribution is -2.01. The maximum absolute atomic E-state index is 4.37. The molecule has 0 saturated heterocycles. The van der Waals surface area contributed by atoms with E-state index in [2.05, 4.69) is 56.7 Å². The van der Waals surface area contributed by atoms with Gasteiger partial charge in [-0.15, -0.1) is 0 Å². The average molecular weight is 254 g/mol. The zero-order valence-corrected chi connectivity index (χ0v) is 12.4. The molecule has 0 aliphatic carbocycles. The second-order valence-electron chi connectivity index (χ2n) is 5.66. The van der Waals surface area contributed by atoms with E-state index in [0.29, 0.717) is 11.8 Å². The predicted molar refractivity (Wildman–Crippen MR) is 80.4 cm³/mol. The lowest BCUT2D eigenvalue weighted by atomic mass is 9.87. The standard InChI is InChI=1S/C17H22N2/c1-11(2)15-9-14(17-18-7-6-8-19-17)10-16(12(3)4)13(15)5/h6-12H,1-5H3. The summed E-state index contributed by atoms with van der Waals surface area (Å²) in [5.74, 6) is 1.84. The Labute approximate surface area is 115 Å². The third kappa shape index (κ3) is 2.83. The number of hydrogen-bond donors (Lipinski definition) is 0. The van der Waals surface area contributed by atoms with Gasteiger partial charge in [-0.1, -0.05) is 27.7 Å². The summed E-state index contributed by atoms with van der Waals surface area (Å²) in [6, 6.07) is 6.33. The van der Waals surface area contributed by atoms with Crippen molar-refractivity contribution in [3.8, 4) is 11.4 Å². The Hall–Kier alpha value is -1.70. The molecule has 2 rings (SSSR count). The third-order valence-electron chi connectivity index (χ3n) is 3.56. The molecule has 0 unspecified atom stereocenters. The van der Waals surface area contributed by atoms with Crippen LogP contribution in [-0.2, 0) is 0 Å². The van der Waals surface area contributed by atoms with Gasteiger partial charge in [0.2, 0.25) is 0 Å². The second kappa shape index (κ2) is 5.52. The first-order valence-corrected chi connectivity index (χ1v) is 6.92. The molecular weight excluding hydrogens is 232 g/mol. The van der Waals surface area contributed by atoms with Crippen LogP contribution in [0, 0.1) is 6.92 Å². The smallest absolute Gasteiger partial charge is 0.159 e. The van der Waals surface area contributed by atoms with Gasteiger partial charge in [0, 0.05) is 18.0 Å². The molecule has 2 nitrogen and oxygen atoms in total. The quantitative estimate of drug-likeness (QED) is 0.793. The van der Waals surface area contributed by atoms with Crippen LogP contribution >= 0.6 is 0 Å². The van der Waals surface area contributed by atoms with Crippen LogP contribution < -0.4 is 0 Å². The number of hydrogen-bond acceptors (Lipinski definition) is 2. The summed E-state index contributed by atoms with van der Waals surface area (Å²) in [6.45, 7) is 11.2. The summed E-state index contributed by atoms with van der Waals surface area (Å²) < 4.78 is 0. The molecule has 0 N–H and O–H groups in total. The molecule has 0 aliphatic rings. The Bertz CT molecular complexity index is 528. The van der Waals surface area contributed by atoms with E-state index in [1.54, 1.807) is 12.4 Å². The van der Waals surface area contributed by atoms with Crippen LogP contribution in [0.15, 0.2) is 30.6 Å². The molecule has 0 saturated carbocycles. The Kier molecular flexibility index (Phi) is 3.98. The van der Waals surface area contributed by atoms with Crippen molar-refractivity contribution in [2.75, 3.05) is 0 Å². The van der Waals surface area contributed by atoms with Crippen LogP contribution in [-0.4, -0.2) is 9.97 Å². The van der Waals surface area contributed by atoms with Crippen molar-refractivity contribution in [2.45, 2.75) is 46.5 Å². The summed E-state index contributed by atoms with van der Waals surface area (Å²) in [6.07, 6.45) is 3.60. The fourth-order valence-corrected chi connectivity index (χ4v) is 2.54. The van der Waals surface area contributed by atoms with E-state index in [0.717, 1.165) is 11.4 Å². The van der Waals surface area contributed by atoms with Crippen molar-refractivity contribution in [1.82, 2.24) is 9.97 Å². The highest BCUT2D eigenvalue weighted by atomic mass is 14.8. The van der Waals surface area contributed by atoms with Crippen LogP contribution in [0.2, 0.25) is 0 Å². The van der Waals surface area contributed by atoms with Crippen LogP contribution in [0.25, 0.3) is 11.4 Å². The van der Waals surface area contributed by atoms with Gasteiger partial charge in [0.25, 0.3) is 0 Å². The molecule has 1 aromatic carbocycles. The van der Waals surface area contributed by atoms with E-state index >= 15 is 0 Å². The number of benzene rings is 1. The maximum Gasteiger partial charge on any atom is 0.159 e. The van der Waals surface area contributed by atoms with E-state index < -0.39 is 0 Å². The second-order valence-corrected chi connectivity index (χ2v) is 5.66. The largest absolute Gasteiger partial charge is 0.237 e. The maximum atomic E-state index is 4.37. The van der Waals surface area contributed by atoms with Crippen LogP contribution in [0.1, 0.15) is 56.2 Å². The van der Waals surface area contributed by atoms with Crippen LogP contribution in [0.3, 0.4) is 0 Å². The molecule has 0 amide bonds. The Morgan fingerprint density at radius 2 is 1.32 bits per heavy atom. The van der Waals surface area contributed by atoms with Crippen molar-refractivity contribution in [2.24, 2.45) is 0 Å². The van der Waals surface area contributed by atoms with Crippen molar-refractivity contribution < 1.29 is 0 Å².